The maximum absolute atomic E-state index is 15.5. The van der Waals surface area contributed by atoms with Crippen LogP contribution in [-0.2, 0) is 6.18 Å². The van der Waals surface area contributed by atoms with E-state index in [1.54, 1.807) is 6.07 Å². The Morgan fingerprint density at radius 2 is 0.573 bits per heavy atom. The first-order chi connectivity index (χ1) is 39.1. The number of alkyl halides is 3. The van der Waals surface area contributed by atoms with Gasteiger partial charge in [-0.25, -0.2) is 0 Å². The smallest absolute Gasteiger partial charge is 0.308 e. The highest BCUT2D eigenvalue weighted by molar-refractivity contribution is 6.14. The van der Waals surface area contributed by atoms with Crippen LogP contribution in [0.2, 0.25) is 0 Å². The summed E-state index contributed by atoms with van der Waals surface area (Å²) in [5.41, 5.74) is 25.8. The molecular weight excluding hydrogens is 1010 g/mol. The molecule has 0 unspecified atom stereocenters. The highest BCUT2D eigenvalue weighted by atomic mass is 19.4. The van der Waals surface area contributed by atoms with Gasteiger partial charge < -0.3 is 9.13 Å². The Bertz CT molecular complexity index is 4250. The van der Waals surface area contributed by atoms with Crippen molar-refractivity contribution in [2.45, 2.75) is 89.3 Å². The van der Waals surface area contributed by atoms with Crippen molar-refractivity contribution in [3.63, 3.8) is 0 Å². The van der Waals surface area contributed by atoms with Gasteiger partial charge in [-0.3, -0.25) is 0 Å². The molecule has 10 aromatic carbocycles. The van der Waals surface area contributed by atoms with Crippen LogP contribution in [0.4, 0.5) is 13.2 Å². The first-order valence-electron chi connectivity index (χ1n) is 27.8. The van der Waals surface area contributed by atoms with Crippen LogP contribution in [-0.4, -0.2) is 9.13 Å². The predicted molar refractivity (Wildman–Crippen MR) is 334 cm³/mol. The minimum atomic E-state index is -4.80. The van der Waals surface area contributed by atoms with Crippen molar-refractivity contribution in [1.29, 1.82) is 10.5 Å². The molecule has 4 nitrogen and oxygen atoms in total. The summed E-state index contributed by atoms with van der Waals surface area (Å²) >= 11 is 0. The van der Waals surface area contributed by atoms with Gasteiger partial charge in [-0.1, -0.05) is 119 Å². The number of hydrogen-bond donors (Lipinski definition) is 0. The van der Waals surface area contributed by atoms with Gasteiger partial charge in [0, 0.05) is 27.1 Å². The third-order valence-corrected chi connectivity index (χ3v) is 16.8. The normalized spacial score (nSPS) is 11.8. The quantitative estimate of drug-likeness (QED) is 0.160. The number of benzene rings is 10. The second kappa shape index (κ2) is 19.7. The standard InChI is InChI=1S/C75H61F3N4/c1-40-21-44(5)70(45(6)22-40)54-13-17-60-61-18-14-55(71-46(7)23-41(2)24-47(71)8)35-65(61)81(64(60)34-54)68-31-53(39-80)32-69(74(68)58-29-52(38-79)30-59(33-58)75(76,77)78)82-66-36-56(72-48(9)25-42(3)26-49(72)10)15-19-62(66)63-20-16-57(37-67(63)82)73-50(11)27-43(4)28-51(73)12/h13-37H,1-12H3. The molecule has 402 valence electrons. The maximum Gasteiger partial charge on any atom is 0.416 e. The zero-order chi connectivity index (χ0) is 58.0. The summed E-state index contributed by atoms with van der Waals surface area (Å²) < 4.78 is 50.9. The van der Waals surface area contributed by atoms with Crippen LogP contribution in [0.25, 0.3) is 111 Å². The van der Waals surface area contributed by atoms with Gasteiger partial charge >= 0.3 is 6.18 Å². The molecule has 0 N–H and O–H groups in total. The summed E-state index contributed by atoms with van der Waals surface area (Å²) in [5, 5.41) is 25.9. The largest absolute Gasteiger partial charge is 0.416 e. The van der Waals surface area contributed by atoms with Crippen LogP contribution in [0, 0.1) is 106 Å². The van der Waals surface area contributed by atoms with Crippen molar-refractivity contribution in [1.82, 2.24) is 9.13 Å². The van der Waals surface area contributed by atoms with E-state index in [0.717, 1.165) is 161 Å². The van der Waals surface area contributed by atoms with E-state index in [1.165, 1.54) is 6.07 Å². The molecule has 12 rings (SSSR count). The lowest BCUT2D eigenvalue weighted by atomic mass is 9.92. The fraction of sp³-hybridized carbons (Fsp3) is 0.173. The van der Waals surface area contributed by atoms with Crippen LogP contribution >= 0.6 is 0 Å². The third-order valence-electron chi connectivity index (χ3n) is 16.8. The molecule has 0 spiro atoms. The molecule has 0 bridgehead atoms. The van der Waals surface area contributed by atoms with E-state index in [2.05, 4.69) is 226 Å². The zero-order valence-corrected chi connectivity index (χ0v) is 48.4. The highest BCUT2D eigenvalue weighted by Crippen LogP contribution is 2.48. The lowest BCUT2D eigenvalue weighted by molar-refractivity contribution is -0.137. The molecule has 0 saturated heterocycles. The number of fused-ring (bicyclic) bond motifs is 6. The fourth-order valence-electron chi connectivity index (χ4n) is 14.0. The van der Waals surface area contributed by atoms with Gasteiger partial charge in [0.1, 0.15) is 0 Å². The second-order valence-corrected chi connectivity index (χ2v) is 23.1. The molecular formula is C75H61F3N4. The molecule has 0 aliphatic heterocycles. The fourth-order valence-corrected chi connectivity index (χ4v) is 14.0. The third kappa shape index (κ3) is 8.84. The second-order valence-electron chi connectivity index (χ2n) is 23.1. The van der Waals surface area contributed by atoms with Crippen molar-refractivity contribution in [2.75, 3.05) is 0 Å². The van der Waals surface area contributed by atoms with Gasteiger partial charge in [0.05, 0.1) is 62.3 Å². The number of nitrogens with zero attached hydrogens (tertiary/aromatic N) is 4. The first kappa shape index (κ1) is 53.2. The van der Waals surface area contributed by atoms with Crippen molar-refractivity contribution in [2.24, 2.45) is 0 Å². The topological polar surface area (TPSA) is 57.4 Å². The van der Waals surface area contributed by atoms with E-state index in [4.69, 9.17) is 0 Å². The number of aromatic nitrogens is 2. The van der Waals surface area contributed by atoms with E-state index < -0.39 is 11.7 Å². The predicted octanol–water partition coefficient (Wildman–Crippen LogP) is 20.7. The molecule has 2 heterocycles. The summed E-state index contributed by atoms with van der Waals surface area (Å²) in [6, 6.07) is 55.4. The number of halogens is 3. The SMILES string of the molecule is Cc1cc(C)c(-c2ccc3c4ccc(-c5c(C)cc(C)cc5C)cc4n(-c4cc(C#N)cc(-n5c6cc(-c7c(C)cc(C)cc7C)ccc6c6ccc(-c7c(C)cc(C)cc7C)cc65)c4-c4cc(C#N)cc(C(F)(F)F)c4)c3c2)c(C)c1. The Morgan fingerprint density at radius 1 is 0.305 bits per heavy atom. The Labute approximate surface area is 477 Å². The minimum Gasteiger partial charge on any atom is -0.308 e. The van der Waals surface area contributed by atoms with E-state index in [1.807, 2.05) is 12.1 Å². The van der Waals surface area contributed by atoms with Crippen LogP contribution in [0.3, 0.4) is 0 Å². The number of nitriles is 2. The Morgan fingerprint density at radius 3 is 0.829 bits per heavy atom. The van der Waals surface area contributed by atoms with Gasteiger partial charge in [-0.2, -0.15) is 23.7 Å². The van der Waals surface area contributed by atoms with E-state index in [-0.39, 0.29) is 11.1 Å². The average molecular weight is 1080 g/mol. The Kier molecular flexibility index (Phi) is 12.8. The summed E-state index contributed by atoms with van der Waals surface area (Å²) in [7, 11) is 0. The van der Waals surface area contributed by atoms with E-state index in [0.29, 0.717) is 22.5 Å². The Hall–Kier alpha value is -9.43. The van der Waals surface area contributed by atoms with Crippen LogP contribution < -0.4 is 0 Å². The van der Waals surface area contributed by atoms with Crippen molar-refractivity contribution >= 4 is 43.6 Å². The van der Waals surface area contributed by atoms with Crippen LogP contribution in [0.5, 0.6) is 0 Å². The minimum absolute atomic E-state index is 0.143. The maximum atomic E-state index is 15.5. The number of aryl methyl sites for hydroxylation is 12. The molecule has 0 aliphatic rings. The summed E-state index contributed by atoms with van der Waals surface area (Å²) in [5.74, 6) is 0. The van der Waals surface area contributed by atoms with Gasteiger partial charge in [-0.15, -0.1) is 0 Å². The molecule has 0 radical (unpaired) electrons. The van der Waals surface area contributed by atoms with Gasteiger partial charge in [0.25, 0.3) is 0 Å². The number of hydrogen-bond acceptors (Lipinski definition) is 2. The molecule has 7 heteroatoms. The average Bonchev–Trinajstić information content (AvgIpc) is 2.78. The van der Waals surface area contributed by atoms with Crippen LogP contribution in [0.15, 0.2) is 152 Å². The molecule has 2 aromatic heterocycles. The van der Waals surface area contributed by atoms with E-state index in [9.17, 15) is 10.5 Å². The van der Waals surface area contributed by atoms with Gasteiger partial charge in [-0.05, 0) is 232 Å². The summed E-state index contributed by atoms with van der Waals surface area (Å²) in [6.07, 6.45) is -4.80. The first-order valence-corrected chi connectivity index (χ1v) is 27.8. The molecule has 0 saturated carbocycles. The van der Waals surface area contributed by atoms with Gasteiger partial charge in [0.2, 0.25) is 0 Å². The van der Waals surface area contributed by atoms with Gasteiger partial charge in [0.15, 0.2) is 0 Å². The summed E-state index contributed by atoms with van der Waals surface area (Å²) in [6.45, 7) is 25.4. The highest BCUT2D eigenvalue weighted by Gasteiger charge is 2.33. The lowest BCUT2D eigenvalue weighted by Gasteiger charge is -2.22. The van der Waals surface area contributed by atoms with Crippen molar-refractivity contribution < 1.29 is 13.2 Å². The molecule has 0 amide bonds. The Balaban J connectivity index is 1.31. The molecule has 12 aromatic rings. The zero-order valence-electron chi connectivity index (χ0n) is 48.4. The molecule has 0 aliphatic carbocycles. The molecule has 0 atom stereocenters. The van der Waals surface area contributed by atoms with Crippen LogP contribution in [0.1, 0.15) is 83.5 Å². The van der Waals surface area contributed by atoms with Crippen molar-refractivity contribution in [3.8, 4) is 79.1 Å². The lowest BCUT2D eigenvalue weighted by Crippen LogP contribution is -2.08. The molecule has 82 heavy (non-hydrogen) atoms. The number of rotatable bonds is 7. The monoisotopic (exact) mass is 1070 g/mol. The van der Waals surface area contributed by atoms with E-state index >= 15 is 13.2 Å². The van der Waals surface area contributed by atoms with Crippen molar-refractivity contribution in [3.05, 3.63) is 235 Å². The summed E-state index contributed by atoms with van der Waals surface area (Å²) in [4.78, 5) is 0. The molecule has 0 fully saturated rings.